The first-order valence-electron chi connectivity index (χ1n) is 20.4. The van der Waals surface area contributed by atoms with Crippen LogP contribution in [0.2, 0.25) is 0 Å². The zero-order valence-electron chi connectivity index (χ0n) is 34.2. The lowest BCUT2D eigenvalue weighted by molar-refractivity contribution is -0.161. The zero-order valence-corrected chi connectivity index (χ0v) is 35.1. The van der Waals surface area contributed by atoms with Crippen molar-refractivity contribution in [3.8, 4) is 0 Å². The minimum atomic E-state index is -4.78. The van der Waals surface area contributed by atoms with Crippen molar-refractivity contribution >= 4 is 25.7 Å². The molecular weight excluding hydrogens is 749 g/mol. The molecule has 0 bridgehead atoms. The smallest absolute Gasteiger partial charge is 0.472 e. The predicted octanol–water partition coefficient (Wildman–Crippen LogP) is 9.47. The van der Waals surface area contributed by atoms with Crippen LogP contribution in [0.1, 0.15) is 123 Å². The maximum absolute atomic E-state index is 12.6. The number of phosphoric ester groups is 1. The SMILES string of the molecule is CC/C=C\C/C=C\C/C=C\C/C=C\CCCCC(=O)O[C@H](COC(=O)CCC[C@H](O)/C=C/C=C\C/C=C\C/C=C\CCCCC)COP(=O)(O)OC[C@H](N)C(=O)O. The van der Waals surface area contributed by atoms with Crippen LogP contribution in [0, 0.1) is 0 Å². The van der Waals surface area contributed by atoms with Crippen molar-refractivity contribution in [1.29, 1.82) is 0 Å². The Kier molecular flexibility index (Phi) is 35.5. The standard InChI is InChI=1S/C44H70NO11P/c1-3-5-7-9-11-13-15-17-18-20-22-24-26-28-30-34-43(48)56-40(37-54-57(51,52)55-38-41(45)44(49)50)36-53-42(47)35-31-33-39(46)32-29-27-25-23-21-19-16-14-12-10-8-6-4-2/h5,7,11-14,17-19,21-22,24-25,27,29,32,39-41,46H,3-4,6,8-10,15-16,20,23,26,28,30-31,33-38,45H2,1-2H3,(H,49,50)(H,51,52)/b7-5-,13-11-,14-12-,18-17-,21-19-,24-22-,27-25-,32-29+/t39-,40-,41+/m1/s1. The monoisotopic (exact) mass is 819 g/mol. The number of esters is 2. The zero-order chi connectivity index (χ0) is 42.2. The topological polar surface area (TPSA) is 192 Å². The first-order chi connectivity index (χ1) is 27.5. The van der Waals surface area contributed by atoms with E-state index in [0.717, 1.165) is 57.8 Å². The molecule has 0 aliphatic rings. The number of aliphatic hydroxyl groups is 1. The summed E-state index contributed by atoms with van der Waals surface area (Å²) in [6.45, 7) is 2.38. The summed E-state index contributed by atoms with van der Waals surface area (Å²) in [6.07, 6.45) is 43.7. The summed E-state index contributed by atoms with van der Waals surface area (Å²) in [4.78, 5) is 45.9. The molecule has 0 aromatic heterocycles. The molecule has 322 valence electrons. The van der Waals surface area contributed by atoms with Crippen LogP contribution in [0.5, 0.6) is 0 Å². The highest BCUT2D eigenvalue weighted by Crippen LogP contribution is 2.43. The van der Waals surface area contributed by atoms with Crippen molar-refractivity contribution in [3.05, 3.63) is 97.2 Å². The van der Waals surface area contributed by atoms with Crippen LogP contribution in [0.3, 0.4) is 0 Å². The van der Waals surface area contributed by atoms with E-state index in [2.05, 4.69) is 91.3 Å². The van der Waals surface area contributed by atoms with Crippen molar-refractivity contribution in [2.75, 3.05) is 19.8 Å². The largest absolute Gasteiger partial charge is 0.480 e. The molecule has 4 atom stereocenters. The number of ether oxygens (including phenoxy) is 2. The van der Waals surface area contributed by atoms with Gasteiger partial charge in [0.25, 0.3) is 0 Å². The Hall–Kier alpha value is -3.64. The van der Waals surface area contributed by atoms with Gasteiger partial charge < -0.3 is 30.3 Å². The Bertz CT molecular complexity index is 1350. The van der Waals surface area contributed by atoms with E-state index in [9.17, 15) is 28.9 Å². The van der Waals surface area contributed by atoms with Gasteiger partial charge in [0.15, 0.2) is 6.10 Å². The molecule has 0 rings (SSSR count). The Morgan fingerprint density at radius 2 is 1.18 bits per heavy atom. The van der Waals surface area contributed by atoms with Gasteiger partial charge in [0.05, 0.1) is 19.3 Å². The molecule has 0 radical (unpaired) electrons. The summed E-state index contributed by atoms with van der Waals surface area (Å²) < 4.78 is 32.4. The summed E-state index contributed by atoms with van der Waals surface area (Å²) in [5, 5.41) is 19.1. The number of carboxylic acid groups (broad SMARTS) is 1. The van der Waals surface area contributed by atoms with Crippen LogP contribution in [0.15, 0.2) is 97.2 Å². The second kappa shape index (κ2) is 37.9. The summed E-state index contributed by atoms with van der Waals surface area (Å²) >= 11 is 0. The molecule has 0 amide bonds. The number of aliphatic hydroxyl groups excluding tert-OH is 1. The first kappa shape index (κ1) is 53.4. The lowest BCUT2D eigenvalue weighted by Crippen LogP contribution is -2.34. The average molecular weight is 820 g/mol. The number of hydrogen-bond acceptors (Lipinski definition) is 10. The normalized spacial score (nSPS) is 15.3. The Labute approximate surface area is 341 Å². The van der Waals surface area contributed by atoms with Crippen molar-refractivity contribution in [3.63, 3.8) is 0 Å². The highest BCUT2D eigenvalue weighted by molar-refractivity contribution is 7.47. The van der Waals surface area contributed by atoms with Crippen molar-refractivity contribution < 1.29 is 52.6 Å². The number of aliphatic carboxylic acids is 1. The fraction of sp³-hybridized carbons (Fsp3) is 0.568. The molecular formula is C44H70NO11P. The lowest BCUT2D eigenvalue weighted by Gasteiger charge is -2.20. The lowest BCUT2D eigenvalue weighted by atomic mass is 10.1. The highest BCUT2D eigenvalue weighted by atomic mass is 31.2. The van der Waals surface area contributed by atoms with Crippen LogP contribution >= 0.6 is 7.82 Å². The van der Waals surface area contributed by atoms with E-state index in [-0.39, 0.29) is 12.8 Å². The van der Waals surface area contributed by atoms with Gasteiger partial charge in [-0.25, -0.2) is 4.57 Å². The van der Waals surface area contributed by atoms with Crippen LogP contribution < -0.4 is 5.73 Å². The third-order valence-electron chi connectivity index (χ3n) is 7.92. The second-order valence-corrected chi connectivity index (χ2v) is 14.7. The van der Waals surface area contributed by atoms with E-state index in [4.69, 9.17) is 24.8 Å². The van der Waals surface area contributed by atoms with E-state index < -0.39 is 63.8 Å². The number of carbonyl (C=O) groups excluding carboxylic acids is 2. The van der Waals surface area contributed by atoms with Gasteiger partial charge in [-0.2, -0.15) is 0 Å². The maximum atomic E-state index is 12.6. The summed E-state index contributed by atoms with van der Waals surface area (Å²) in [6, 6.07) is -1.56. The van der Waals surface area contributed by atoms with Gasteiger partial charge in [0.1, 0.15) is 12.6 Å². The van der Waals surface area contributed by atoms with Crippen molar-refractivity contribution in [2.45, 2.75) is 141 Å². The molecule has 0 aromatic carbocycles. The number of hydrogen-bond donors (Lipinski definition) is 4. The minimum absolute atomic E-state index is 0.0217. The summed E-state index contributed by atoms with van der Waals surface area (Å²) in [7, 11) is -4.78. The number of allylic oxidation sites excluding steroid dienone is 15. The van der Waals surface area contributed by atoms with Gasteiger partial charge in [-0.1, -0.05) is 124 Å². The first-order valence-corrected chi connectivity index (χ1v) is 21.9. The molecule has 13 heteroatoms. The van der Waals surface area contributed by atoms with E-state index >= 15 is 0 Å². The van der Waals surface area contributed by atoms with Gasteiger partial charge in [0, 0.05) is 12.8 Å². The third kappa shape index (κ3) is 37.7. The Morgan fingerprint density at radius 3 is 1.75 bits per heavy atom. The van der Waals surface area contributed by atoms with Gasteiger partial charge in [-0.05, 0) is 83.5 Å². The molecule has 0 aliphatic carbocycles. The molecule has 12 nitrogen and oxygen atoms in total. The second-order valence-electron chi connectivity index (χ2n) is 13.2. The van der Waals surface area contributed by atoms with E-state index in [1.165, 1.54) is 19.3 Å². The van der Waals surface area contributed by atoms with Crippen LogP contribution in [0.25, 0.3) is 0 Å². The minimum Gasteiger partial charge on any atom is -0.480 e. The summed E-state index contributed by atoms with van der Waals surface area (Å²) in [5.41, 5.74) is 5.31. The fourth-order valence-corrected chi connectivity index (χ4v) is 5.46. The number of unbranched alkanes of at least 4 members (excludes halogenated alkanes) is 5. The molecule has 0 fully saturated rings. The molecule has 0 saturated heterocycles. The predicted molar refractivity (Wildman–Crippen MR) is 227 cm³/mol. The van der Waals surface area contributed by atoms with Crippen LogP contribution in [-0.4, -0.2) is 71.1 Å². The maximum Gasteiger partial charge on any atom is 0.472 e. The van der Waals surface area contributed by atoms with E-state index in [0.29, 0.717) is 19.3 Å². The molecule has 0 spiro atoms. The van der Waals surface area contributed by atoms with Crippen molar-refractivity contribution in [1.82, 2.24) is 0 Å². The third-order valence-corrected chi connectivity index (χ3v) is 8.87. The number of carbonyl (C=O) groups is 3. The van der Waals surface area contributed by atoms with E-state index in [1.807, 2.05) is 12.2 Å². The Morgan fingerprint density at radius 1 is 0.649 bits per heavy atom. The van der Waals surface area contributed by atoms with Crippen LogP contribution in [0.4, 0.5) is 0 Å². The highest BCUT2D eigenvalue weighted by Gasteiger charge is 2.28. The van der Waals surface area contributed by atoms with Gasteiger partial charge in [-0.15, -0.1) is 0 Å². The van der Waals surface area contributed by atoms with Gasteiger partial charge in [0.2, 0.25) is 0 Å². The van der Waals surface area contributed by atoms with E-state index in [1.54, 1.807) is 12.2 Å². The molecule has 57 heavy (non-hydrogen) atoms. The number of carboxylic acids is 1. The quantitative estimate of drug-likeness (QED) is 0.0154. The molecule has 0 aromatic rings. The molecule has 0 saturated carbocycles. The molecule has 0 heterocycles. The molecule has 0 aliphatic heterocycles. The summed E-state index contributed by atoms with van der Waals surface area (Å²) in [5.74, 6) is -2.67. The average Bonchev–Trinajstić information content (AvgIpc) is 3.18. The number of rotatable bonds is 36. The molecule has 5 N–H and O–H groups in total. The van der Waals surface area contributed by atoms with Crippen molar-refractivity contribution in [2.24, 2.45) is 5.73 Å². The Balaban J connectivity index is 4.69. The number of phosphoric acid groups is 1. The van der Waals surface area contributed by atoms with Gasteiger partial charge in [-0.3, -0.25) is 23.4 Å². The number of nitrogens with two attached hydrogens (primary N) is 1. The fourth-order valence-electron chi connectivity index (χ4n) is 4.69. The van der Waals surface area contributed by atoms with Gasteiger partial charge >= 0.3 is 25.7 Å². The van der Waals surface area contributed by atoms with Crippen LogP contribution in [-0.2, 0) is 37.5 Å². The molecule has 1 unspecified atom stereocenters.